The highest BCUT2D eigenvalue weighted by Crippen LogP contribution is 1.96. The van der Waals surface area contributed by atoms with Crippen molar-refractivity contribution < 1.29 is 4.39 Å². The lowest BCUT2D eigenvalue weighted by atomic mass is 10.4. The summed E-state index contributed by atoms with van der Waals surface area (Å²) in [6, 6.07) is 0. The van der Waals surface area contributed by atoms with Crippen LogP contribution < -0.4 is 0 Å². The molecule has 0 bridgehead atoms. The Morgan fingerprint density at radius 2 is 2.00 bits per heavy atom. The summed E-state index contributed by atoms with van der Waals surface area (Å²) in [5.74, 6) is -0.234. The van der Waals surface area contributed by atoms with E-state index in [4.69, 9.17) is 0 Å². The van der Waals surface area contributed by atoms with Crippen molar-refractivity contribution in [2.75, 3.05) is 0 Å². The van der Waals surface area contributed by atoms with Gasteiger partial charge in [0.25, 0.3) is 0 Å². The molecule has 0 aromatic rings. The smallest absolute Gasteiger partial charge is 0.118 e. The standard InChI is InChI=1S/C6H9F.C2H6/c1-3-5-6(7)4-2;1-2/h4-5H,2-3H2,1H3;1-2H3/b6-5+;. The SMILES string of the molecule is C=C/C(F)=C\CC.CC. The lowest BCUT2D eigenvalue weighted by Gasteiger charge is -1.78. The van der Waals surface area contributed by atoms with Crippen molar-refractivity contribution >= 4 is 0 Å². The van der Waals surface area contributed by atoms with Gasteiger partial charge in [0.1, 0.15) is 5.83 Å². The summed E-state index contributed by atoms with van der Waals surface area (Å²) >= 11 is 0. The molecule has 0 nitrogen and oxygen atoms in total. The van der Waals surface area contributed by atoms with Crippen LogP contribution in [0.2, 0.25) is 0 Å². The van der Waals surface area contributed by atoms with Crippen molar-refractivity contribution in [3.05, 3.63) is 24.6 Å². The van der Waals surface area contributed by atoms with Gasteiger partial charge in [-0.05, 0) is 18.6 Å². The van der Waals surface area contributed by atoms with Gasteiger partial charge >= 0.3 is 0 Å². The van der Waals surface area contributed by atoms with Gasteiger partial charge in [-0.25, -0.2) is 4.39 Å². The van der Waals surface area contributed by atoms with Crippen LogP contribution in [0, 0.1) is 0 Å². The summed E-state index contributed by atoms with van der Waals surface area (Å²) in [5.41, 5.74) is 0. The summed E-state index contributed by atoms with van der Waals surface area (Å²) in [6.45, 7) is 9.11. The zero-order chi connectivity index (χ0) is 7.70. The number of hydrogen-bond donors (Lipinski definition) is 0. The lowest BCUT2D eigenvalue weighted by Crippen LogP contribution is -1.59. The van der Waals surface area contributed by atoms with E-state index in [-0.39, 0.29) is 5.83 Å². The van der Waals surface area contributed by atoms with Gasteiger partial charge in [-0.1, -0.05) is 27.4 Å². The molecule has 0 heterocycles. The molecule has 0 rings (SSSR count). The van der Waals surface area contributed by atoms with Crippen LogP contribution in [-0.4, -0.2) is 0 Å². The molecule has 9 heavy (non-hydrogen) atoms. The summed E-state index contributed by atoms with van der Waals surface area (Å²) in [7, 11) is 0. The van der Waals surface area contributed by atoms with E-state index in [2.05, 4.69) is 6.58 Å². The van der Waals surface area contributed by atoms with E-state index in [1.54, 1.807) is 0 Å². The lowest BCUT2D eigenvalue weighted by molar-refractivity contribution is 0.662. The van der Waals surface area contributed by atoms with Gasteiger partial charge in [-0.15, -0.1) is 0 Å². The van der Waals surface area contributed by atoms with Crippen molar-refractivity contribution in [1.29, 1.82) is 0 Å². The zero-order valence-electron chi connectivity index (χ0n) is 6.45. The fraction of sp³-hybridized carbons (Fsp3) is 0.500. The second-order valence-corrected chi connectivity index (χ2v) is 1.20. The molecule has 0 saturated carbocycles. The molecule has 0 aromatic heterocycles. The van der Waals surface area contributed by atoms with Gasteiger partial charge in [-0.3, -0.25) is 0 Å². The van der Waals surface area contributed by atoms with Gasteiger partial charge in [0.05, 0.1) is 0 Å². The Hall–Kier alpha value is -0.590. The van der Waals surface area contributed by atoms with Crippen LogP contribution in [0.1, 0.15) is 27.2 Å². The first-order valence-electron chi connectivity index (χ1n) is 3.29. The van der Waals surface area contributed by atoms with Crippen molar-refractivity contribution in [1.82, 2.24) is 0 Å². The minimum absolute atomic E-state index is 0.234. The quantitative estimate of drug-likeness (QED) is 0.502. The van der Waals surface area contributed by atoms with Crippen molar-refractivity contribution in [2.45, 2.75) is 27.2 Å². The number of allylic oxidation sites excluding steroid dienone is 3. The molecule has 0 spiro atoms. The van der Waals surface area contributed by atoms with E-state index in [1.165, 1.54) is 12.2 Å². The normalized spacial score (nSPS) is 9.56. The maximum atomic E-state index is 11.9. The first-order chi connectivity index (χ1) is 4.31. The molecular weight excluding hydrogens is 115 g/mol. The van der Waals surface area contributed by atoms with E-state index in [0.29, 0.717) is 0 Å². The van der Waals surface area contributed by atoms with Crippen molar-refractivity contribution in [3.63, 3.8) is 0 Å². The Bertz CT molecular complexity index is 82.6. The Kier molecular flexibility index (Phi) is 13.0. The Morgan fingerprint density at radius 3 is 2.11 bits per heavy atom. The molecule has 0 amide bonds. The van der Waals surface area contributed by atoms with Gasteiger partial charge in [0.2, 0.25) is 0 Å². The minimum atomic E-state index is -0.234. The Labute approximate surface area is 57.1 Å². The van der Waals surface area contributed by atoms with Gasteiger partial charge in [0, 0.05) is 0 Å². The molecule has 0 unspecified atom stereocenters. The van der Waals surface area contributed by atoms with Crippen LogP contribution in [0.15, 0.2) is 24.6 Å². The third-order valence-electron chi connectivity index (χ3n) is 0.594. The average molecular weight is 130 g/mol. The summed E-state index contributed by atoms with van der Waals surface area (Å²) in [6.07, 6.45) is 3.41. The first kappa shape index (κ1) is 11.2. The van der Waals surface area contributed by atoms with Crippen molar-refractivity contribution in [3.8, 4) is 0 Å². The largest absolute Gasteiger partial charge is 0.207 e. The minimum Gasteiger partial charge on any atom is -0.207 e. The molecule has 0 saturated heterocycles. The topological polar surface area (TPSA) is 0 Å². The maximum Gasteiger partial charge on any atom is 0.118 e. The third-order valence-corrected chi connectivity index (χ3v) is 0.594. The highest BCUT2D eigenvalue weighted by Gasteiger charge is 1.77. The average Bonchev–Trinajstić information content (AvgIpc) is 1.93. The van der Waals surface area contributed by atoms with Crippen LogP contribution in [0.5, 0.6) is 0 Å². The van der Waals surface area contributed by atoms with Crippen LogP contribution in [0.4, 0.5) is 4.39 Å². The molecule has 0 atom stereocenters. The zero-order valence-corrected chi connectivity index (χ0v) is 6.45. The molecule has 54 valence electrons. The number of hydrogen-bond acceptors (Lipinski definition) is 0. The monoisotopic (exact) mass is 130 g/mol. The molecule has 0 aliphatic rings. The first-order valence-corrected chi connectivity index (χ1v) is 3.29. The summed E-state index contributed by atoms with van der Waals surface area (Å²) in [5, 5.41) is 0. The maximum absolute atomic E-state index is 11.9. The molecule has 1 heteroatoms. The highest BCUT2D eigenvalue weighted by atomic mass is 19.1. The second kappa shape index (κ2) is 10.4. The van der Waals surface area contributed by atoms with E-state index in [9.17, 15) is 4.39 Å². The molecule has 0 radical (unpaired) electrons. The van der Waals surface area contributed by atoms with Gasteiger partial charge < -0.3 is 0 Å². The fourth-order valence-electron chi connectivity index (χ4n) is 0.278. The Morgan fingerprint density at radius 1 is 1.56 bits per heavy atom. The van der Waals surface area contributed by atoms with Gasteiger partial charge in [0.15, 0.2) is 0 Å². The number of rotatable bonds is 2. The fourth-order valence-corrected chi connectivity index (χ4v) is 0.278. The molecule has 0 fully saturated rings. The molecule has 0 N–H and O–H groups in total. The molecule has 0 aliphatic heterocycles. The van der Waals surface area contributed by atoms with Crippen molar-refractivity contribution in [2.24, 2.45) is 0 Å². The third kappa shape index (κ3) is 11.2. The van der Waals surface area contributed by atoms with E-state index < -0.39 is 0 Å². The summed E-state index contributed by atoms with van der Waals surface area (Å²) in [4.78, 5) is 0. The van der Waals surface area contributed by atoms with Crippen LogP contribution in [-0.2, 0) is 0 Å². The van der Waals surface area contributed by atoms with E-state index in [0.717, 1.165) is 6.42 Å². The molecule has 0 aromatic carbocycles. The van der Waals surface area contributed by atoms with E-state index in [1.807, 2.05) is 20.8 Å². The Balaban J connectivity index is 0. The predicted molar refractivity (Wildman–Crippen MR) is 41.0 cm³/mol. The molecule has 0 aliphatic carbocycles. The second-order valence-electron chi connectivity index (χ2n) is 1.20. The summed E-state index contributed by atoms with van der Waals surface area (Å²) < 4.78 is 11.9. The molecular formula is C8H15F. The highest BCUT2D eigenvalue weighted by molar-refractivity contribution is 5.06. The van der Waals surface area contributed by atoms with Crippen LogP contribution in [0.25, 0.3) is 0 Å². The van der Waals surface area contributed by atoms with Gasteiger partial charge in [-0.2, -0.15) is 0 Å². The number of halogens is 1. The van der Waals surface area contributed by atoms with E-state index >= 15 is 0 Å². The van der Waals surface area contributed by atoms with Crippen LogP contribution >= 0.6 is 0 Å². The predicted octanol–water partition coefficient (Wildman–Crippen LogP) is 3.46. The van der Waals surface area contributed by atoms with Crippen LogP contribution in [0.3, 0.4) is 0 Å².